The number of hydrogen-bond acceptors (Lipinski definition) is 4. The number of alkyl halides is 3. The lowest BCUT2D eigenvalue weighted by Crippen LogP contribution is -2.20. The van der Waals surface area contributed by atoms with Crippen molar-refractivity contribution in [1.29, 1.82) is 0 Å². The number of rotatable bonds is 4. The Hall–Kier alpha value is -2.36. The summed E-state index contributed by atoms with van der Waals surface area (Å²) in [7, 11) is -3.54. The van der Waals surface area contributed by atoms with Crippen molar-refractivity contribution in [2.45, 2.75) is 11.1 Å². The highest BCUT2D eigenvalue weighted by molar-refractivity contribution is 7.92. The van der Waals surface area contributed by atoms with Crippen LogP contribution in [0.5, 0.6) is 5.75 Å². The van der Waals surface area contributed by atoms with Crippen molar-refractivity contribution in [2.75, 3.05) is 11.8 Å². The molecule has 2 rings (SSSR count). The fourth-order valence-electron chi connectivity index (χ4n) is 1.77. The zero-order valence-electron chi connectivity index (χ0n) is 11.6. The molecule has 1 N–H and O–H groups in total. The van der Waals surface area contributed by atoms with Crippen LogP contribution in [-0.2, 0) is 16.2 Å². The molecule has 0 aliphatic rings. The summed E-state index contributed by atoms with van der Waals surface area (Å²) in [5.41, 5.74) is -2.13. The van der Waals surface area contributed by atoms with Crippen LogP contribution in [0.15, 0.2) is 41.4 Å². The SMILES string of the molecule is COc1cccc(NS(=O)(=O)c2cccnc2C(F)(F)F)c1F. The summed E-state index contributed by atoms with van der Waals surface area (Å²) in [5, 5.41) is 0. The Labute approximate surface area is 129 Å². The second-order valence-electron chi connectivity index (χ2n) is 4.28. The maximum atomic E-state index is 14.0. The summed E-state index contributed by atoms with van der Waals surface area (Å²) < 4.78 is 83.3. The van der Waals surface area contributed by atoms with Gasteiger partial charge in [-0.3, -0.25) is 9.71 Å². The number of aromatic nitrogens is 1. The van der Waals surface area contributed by atoms with Gasteiger partial charge in [-0.15, -0.1) is 0 Å². The Morgan fingerprint density at radius 1 is 1.17 bits per heavy atom. The number of sulfonamides is 1. The van der Waals surface area contributed by atoms with Gasteiger partial charge in [-0.05, 0) is 24.3 Å². The summed E-state index contributed by atoms with van der Waals surface area (Å²) in [6, 6.07) is 5.34. The molecule has 0 unspecified atom stereocenters. The number of halogens is 4. The molecule has 2 aromatic rings. The fraction of sp³-hybridized carbons (Fsp3) is 0.154. The Balaban J connectivity index is 2.50. The quantitative estimate of drug-likeness (QED) is 0.861. The van der Waals surface area contributed by atoms with E-state index in [0.717, 1.165) is 24.4 Å². The smallest absolute Gasteiger partial charge is 0.434 e. The lowest BCUT2D eigenvalue weighted by molar-refractivity contribution is -0.143. The largest absolute Gasteiger partial charge is 0.494 e. The molecule has 0 radical (unpaired) electrons. The molecule has 0 saturated heterocycles. The first-order valence-corrected chi connectivity index (χ1v) is 7.52. The van der Waals surface area contributed by atoms with Crippen molar-refractivity contribution >= 4 is 15.7 Å². The van der Waals surface area contributed by atoms with Gasteiger partial charge in [0, 0.05) is 6.20 Å². The van der Waals surface area contributed by atoms with Gasteiger partial charge in [-0.2, -0.15) is 13.2 Å². The van der Waals surface area contributed by atoms with Gasteiger partial charge >= 0.3 is 6.18 Å². The Morgan fingerprint density at radius 3 is 2.48 bits per heavy atom. The first kappa shape index (κ1) is 17.0. The van der Waals surface area contributed by atoms with Gasteiger partial charge in [0.15, 0.2) is 17.3 Å². The summed E-state index contributed by atoms with van der Waals surface area (Å²) >= 11 is 0. The molecule has 0 saturated carbocycles. The molecule has 0 fully saturated rings. The molecule has 0 atom stereocenters. The number of hydrogen-bond donors (Lipinski definition) is 1. The minimum atomic E-state index is -4.97. The second kappa shape index (κ2) is 6.03. The van der Waals surface area contributed by atoms with Crippen LogP contribution in [0.25, 0.3) is 0 Å². The molecule has 5 nitrogen and oxygen atoms in total. The van der Waals surface area contributed by atoms with Gasteiger partial charge < -0.3 is 4.74 Å². The van der Waals surface area contributed by atoms with Gasteiger partial charge in [0.2, 0.25) is 0 Å². The Bertz CT molecular complexity index is 822. The summed E-state index contributed by atoms with van der Waals surface area (Å²) in [4.78, 5) is 1.95. The van der Waals surface area contributed by atoms with Gasteiger partial charge in [0.1, 0.15) is 4.90 Å². The zero-order valence-corrected chi connectivity index (χ0v) is 12.4. The van der Waals surface area contributed by atoms with E-state index in [1.165, 1.54) is 19.2 Å². The van der Waals surface area contributed by atoms with Crippen molar-refractivity contribution in [3.05, 3.63) is 48.0 Å². The highest BCUT2D eigenvalue weighted by Gasteiger charge is 2.39. The first-order chi connectivity index (χ1) is 10.7. The van der Waals surface area contributed by atoms with Crippen LogP contribution in [0.4, 0.5) is 23.2 Å². The van der Waals surface area contributed by atoms with E-state index in [9.17, 15) is 26.0 Å². The molecule has 10 heteroatoms. The van der Waals surface area contributed by atoms with Crippen LogP contribution >= 0.6 is 0 Å². The molecular weight excluding hydrogens is 340 g/mol. The molecule has 124 valence electrons. The molecule has 23 heavy (non-hydrogen) atoms. The number of nitrogens with zero attached hydrogens (tertiary/aromatic N) is 1. The van der Waals surface area contributed by atoms with E-state index in [1.54, 1.807) is 4.72 Å². The van der Waals surface area contributed by atoms with Crippen LogP contribution in [0.2, 0.25) is 0 Å². The van der Waals surface area contributed by atoms with Gasteiger partial charge in [-0.1, -0.05) is 6.07 Å². The Morgan fingerprint density at radius 2 is 1.87 bits per heavy atom. The first-order valence-electron chi connectivity index (χ1n) is 6.04. The van der Waals surface area contributed by atoms with E-state index in [2.05, 4.69) is 9.72 Å². The monoisotopic (exact) mass is 350 g/mol. The third-order valence-corrected chi connectivity index (χ3v) is 4.15. The van der Waals surface area contributed by atoms with Crippen molar-refractivity contribution < 1.29 is 30.7 Å². The van der Waals surface area contributed by atoms with Crippen molar-refractivity contribution in [1.82, 2.24) is 4.98 Å². The minimum Gasteiger partial charge on any atom is -0.494 e. The minimum absolute atomic E-state index is 0.257. The van der Waals surface area contributed by atoms with Gasteiger partial charge in [-0.25, -0.2) is 12.8 Å². The van der Waals surface area contributed by atoms with Crippen LogP contribution in [-0.4, -0.2) is 20.5 Å². The molecule has 0 amide bonds. The lowest BCUT2D eigenvalue weighted by Gasteiger charge is -2.14. The average molecular weight is 350 g/mol. The Kier molecular flexibility index (Phi) is 4.46. The van der Waals surface area contributed by atoms with Crippen LogP contribution in [0.1, 0.15) is 5.69 Å². The van der Waals surface area contributed by atoms with Crippen molar-refractivity contribution in [3.63, 3.8) is 0 Å². The molecule has 1 aromatic carbocycles. The van der Waals surface area contributed by atoms with E-state index in [4.69, 9.17) is 0 Å². The number of anilines is 1. The van der Waals surface area contributed by atoms with Crippen LogP contribution < -0.4 is 9.46 Å². The molecule has 1 heterocycles. The summed E-state index contributed by atoms with van der Waals surface area (Å²) in [6.07, 6.45) is -4.16. The standard InChI is InChI=1S/C13H10F4N2O3S/c1-22-9-5-2-4-8(11(9)14)19-23(20,21)10-6-3-7-18-12(10)13(15,16)17/h2-7,19H,1H3. The third kappa shape index (κ3) is 3.52. The topological polar surface area (TPSA) is 68.3 Å². The van der Waals surface area contributed by atoms with E-state index in [-0.39, 0.29) is 5.75 Å². The highest BCUT2D eigenvalue weighted by Crippen LogP contribution is 2.33. The third-order valence-electron chi connectivity index (χ3n) is 2.76. The second-order valence-corrected chi connectivity index (χ2v) is 5.93. The van der Waals surface area contributed by atoms with Crippen LogP contribution in [0.3, 0.4) is 0 Å². The molecule has 0 spiro atoms. The number of pyridine rings is 1. The van der Waals surface area contributed by atoms with E-state index in [1.807, 2.05) is 0 Å². The van der Waals surface area contributed by atoms with Gasteiger partial charge in [0.05, 0.1) is 12.8 Å². The van der Waals surface area contributed by atoms with Crippen molar-refractivity contribution in [3.8, 4) is 5.75 Å². The molecule has 0 aliphatic heterocycles. The summed E-state index contributed by atoms with van der Waals surface area (Å²) in [6.45, 7) is 0. The maximum absolute atomic E-state index is 14.0. The predicted molar refractivity (Wildman–Crippen MR) is 73.0 cm³/mol. The number of benzene rings is 1. The van der Waals surface area contributed by atoms with Crippen molar-refractivity contribution in [2.24, 2.45) is 0 Å². The van der Waals surface area contributed by atoms with E-state index >= 15 is 0 Å². The van der Waals surface area contributed by atoms with Crippen LogP contribution in [0, 0.1) is 5.82 Å². The lowest BCUT2D eigenvalue weighted by atomic mass is 10.3. The normalized spacial score (nSPS) is 12.0. The zero-order chi connectivity index (χ0) is 17.3. The summed E-state index contributed by atoms with van der Waals surface area (Å²) in [5.74, 6) is -1.30. The number of nitrogens with one attached hydrogen (secondary N) is 1. The number of ether oxygens (including phenoxy) is 1. The molecule has 0 bridgehead atoms. The fourth-order valence-corrected chi connectivity index (χ4v) is 3.01. The molecular formula is C13H10F4N2O3S. The van der Waals surface area contributed by atoms with E-state index < -0.39 is 38.3 Å². The number of methoxy groups -OCH3 is 1. The average Bonchev–Trinajstić information content (AvgIpc) is 2.48. The van der Waals surface area contributed by atoms with E-state index in [0.29, 0.717) is 0 Å². The molecule has 1 aromatic heterocycles. The highest BCUT2D eigenvalue weighted by atomic mass is 32.2. The molecule has 0 aliphatic carbocycles. The maximum Gasteiger partial charge on any atom is 0.434 e. The van der Waals surface area contributed by atoms with Gasteiger partial charge in [0.25, 0.3) is 10.0 Å². The predicted octanol–water partition coefficient (Wildman–Crippen LogP) is 3.05.